The Bertz CT molecular complexity index is 60.7. The van der Waals surface area contributed by atoms with Crippen molar-refractivity contribution in [3.63, 3.8) is 0 Å². The second-order valence-corrected chi connectivity index (χ2v) is 2.23. The third-order valence-electron chi connectivity index (χ3n) is 1.08. The van der Waals surface area contributed by atoms with Gasteiger partial charge in [-0.2, -0.15) is 0 Å². The lowest BCUT2D eigenvalue weighted by atomic mass is 10.4. The van der Waals surface area contributed by atoms with Gasteiger partial charge in [0.05, 0.1) is 0 Å². The summed E-state index contributed by atoms with van der Waals surface area (Å²) in [5, 5.41) is 0. The monoisotopic (exact) mass is 123 g/mol. The molecule has 1 fully saturated rings. The molecule has 1 heterocycles. The average molecular weight is 124 g/mol. The minimum absolute atomic E-state index is 0.404. The van der Waals surface area contributed by atoms with Gasteiger partial charge in [0.1, 0.15) is 6.17 Å². The van der Waals surface area contributed by atoms with Crippen LogP contribution in [0.2, 0.25) is 0 Å². The Morgan fingerprint density at radius 2 is 2.43 bits per heavy atom. The summed E-state index contributed by atoms with van der Waals surface area (Å²) in [6.07, 6.45) is -0.0822. The van der Waals surface area contributed by atoms with Gasteiger partial charge in [-0.15, -0.1) is 0 Å². The molecule has 42 valence electrons. The quantitative estimate of drug-likeness (QED) is 0.438. The minimum Gasteiger partial charge on any atom is -0.246 e. The van der Waals surface area contributed by atoms with Crippen molar-refractivity contribution in [1.29, 1.82) is 0 Å². The maximum absolute atomic E-state index is 12.0. The molecule has 0 saturated carbocycles. The van der Waals surface area contributed by atoms with Crippen molar-refractivity contribution in [3.05, 3.63) is 0 Å². The van der Waals surface area contributed by atoms with Crippen LogP contribution in [0.4, 0.5) is 4.39 Å². The lowest BCUT2D eigenvalue weighted by Crippen LogP contribution is -2.07. The van der Waals surface area contributed by atoms with Gasteiger partial charge in [-0.3, -0.25) is 0 Å². The van der Waals surface area contributed by atoms with Gasteiger partial charge >= 0.3 is 0 Å². The molecule has 0 radical (unpaired) electrons. The van der Waals surface area contributed by atoms with Gasteiger partial charge in [0, 0.05) is 13.1 Å². The van der Waals surface area contributed by atoms with E-state index < -0.39 is 6.17 Å². The topological polar surface area (TPSA) is 3.24 Å². The normalized spacial score (nSPS) is 34.3. The molecule has 7 heavy (non-hydrogen) atoms. The lowest BCUT2D eigenvalue weighted by molar-refractivity contribution is 0.347. The predicted octanol–water partition coefficient (Wildman–Crippen LogP) is 1.18. The fourth-order valence-electron chi connectivity index (χ4n) is 0.678. The summed E-state index contributed by atoms with van der Waals surface area (Å²) in [4.78, 5) is 0. The highest BCUT2D eigenvalue weighted by atomic mass is 35.5. The molecule has 1 nitrogen and oxygen atoms in total. The van der Waals surface area contributed by atoms with Crippen LogP contribution >= 0.6 is 11.8 Å². The van der Waals surface area contributed by atoms with Crippen molar-refractivity contribution in [2.24, 2.45) is 0 Å². The van der Waals surface area contributed by atoms with Crippen LogP contribution in [0, 0.1) is 0 Å². The number of hydrogen-bond donors (Lipinski definition) is 0. The molecule has 3 heteroatoms. The molecule has 1 rings (SSSR count). The van der Waals surface area contributed by atoms with Crippen LogP contribution in [0.5, 0.6) is 0 Å². The van der Waals surface area contributed by atoms with Crippen molar-refractivity contribution >= 4 is 11.8 Å². The molecule has 0 aliphatic carbocycles. The Balaban J connectivity index is 2.26. The number of alkyl halides is 1. The molecular formula is C4H7ClFN. The first-order chi connectivity index (χ1) is 3.29. The summed E-state index contributed by atoms with van der Waals surface area (Å²) < 4.78 is 13.5. The van der Waals surface area contributed by atoms with E-state index in [9.17, 15) is 4.39 Å². The van der Waals surface area contributed by atoms with Crippen molar-refractivity contribution in [3.8, 4) is 0 Å². The SMILES string of the molecule is FC1CCN(Cl)C1. The van der Waals surface area contributed by atoms with Crippen LogP contribution < -0.4 is 0 Å². The van der Waals surface area contributed by atoms with Crippen LogP contribution in [0.3, 0.4) is 0 Å². The fraction of sp³-hybridized carbons (Fsp3) is 1.00. The molecule has 1 atom stereocenters. The zero-order valence-corrected chi connectivity index (χ0v) is 4.66. The molecule has 0 amide bonds. The highest BCUT2D eigenvalue weighted by Crippen LogP contribution is 2.12. The summed E-state index contributed by atoms with van der Waals surface area (Å²) >= 11 is 5.40. The average Bonchev–Trinajstić information content (AvgIpc) is 1.87. The van der Waals surface area contributed by atoms with E-state index in [1.807, 2.05) is 0 Å². The third kappa shape index (κ3) is 1.28. The molecule has 1 aliphatic rings. The smallest absolute Gasteiger partial charge is 0.115 e. The summed E-state index contributed by atoms with van der Waals surface area (Å²) in [7, 11) is 0. The van der Waals surface area contributed by atoms with E-state index in [1.54, 1.807) is 0 Å². The first-order valence-electron chi connectivity index (χ1n) is 2.34. The van der Waals surface area contributed by atoms with Crippen LogP contribution in [-0.2, 0) is 0 Å². The molecular weight excluding hydrogens is 117 g/mol. The molecule has 0 N–H and O–H groups in total. The highest BCUT2D eigenvalue weighted by molar-refractivity contribution is 6.13. The second-order valence-electron chi connectivity index (χ2n) is 1.75. The van der Waals surface area contributed by atoms with Crippen molar-refractivity contribution in [2.75, 3.05) is 13.1 Å². The molecule has 0 aromatic rings. The van der Waals surface area contributed by atoms with Gasteiger partial charge in [-0.25, -0.2) is 8.81 Å². The van der Waals surface area contributed by atoms with Crippen molar-refractivity contribution in [2.45, 2.75) is 12.6 Å². The number of nitrogens with zero attached hydrogens (tertiary/aromatic N) is 1. The predicted molar refractivity (Wildman–Crippen MR) is 26.9 cm³/mol. The molecule has 1 saturated heterocycles. The zero-order valence-electron chi connectivity index (χ0n) is 3.90. The van der Waals surface area contributed by atoms with E-state index in [2.05, 4.69) is 0 Å². The Morgan fingerprint density at radius 3 is 2.57 bits per heavy atom. The summed E-state index contributed by atoms with van der Waals surface area (Å²) in [5.41, 5.74) is 0. The first-order valence-corrected chi connectivity index (χ1v) is 2.67. The minimum atomic E-state index is -0.683. The van der Waals surface area contributed by atoms with Crippen LogP contribution in [0.25, 0.3) is 0 Å². The number of rotatable bonds is 0. The Kier molecular flexibility index (Phi) is 1.50. The molecule has 1 unspecified atom stereocenters. The maximum Gasteiger partial charge on any atom is 0.115 e. The van der Waals surface area contributed by atoms with E-state index in [-0.39, 0.29) is 0 Å². The largest absolute Gasteiger partial charge is 0.246 e. The van der Waals surface area contributed by atoms with Gasteiger partial charge in [0.15, 0.2) is 0 Å². The maximum atomic E-state index is 12.0. The van der Waals surface area contributed by atoms with Gasteiger partial charge < -0.3 is 0 Å². The van der Waals surface area contributed by atoms with Gasteiger partial charge in [0.2, 0.25) is 0 Å². The van der Waals surface area contributed by atoms with Crippen molar-refractivity contribution < 1.29 is 4.39 Å². The van der Waals surface area contributed by atoms with Crippen molar-refractivity contribution in [1.82, 2.24) is 4.42 Å². The third-order valence-corrected chi connectivity index (χ3v) is 1.39. The number of halogens is 2. The number of hydrogen-bond acceptors (Lipinski definition) is 1. The zero-order chi connectivity index (χ0) is 5.28. The fourth-order valence-corrected chi connectivity index (χ4v) is 0.925. The molecule has 0 spiro atoms. The van der Waals surface area contributed by atoms with Crippen LogP contribution in [0.15, 0.2) is 0 Å². The van der Waals surface area contributed by atoms with E-state index in [0.717, 1.165) is 0 Å². The molecule has 0 bridgehead atoms. The Hall–Kier alpha value is 0.180. The van der Waals surface area contributed by atoms with Gasteiger partial charge in [0.25, 0.3) is 0 Å². The summed E-state index contributed by atoms with van der Waals surface area (Å²) in [5.74, 6) is 0. The molecule has 0 aromatic carbocycles. The molecule has 0 aromatic heterocycles. The first kappa shape index (κ1) is 5.32. The standard InChI is InChI=1S/C4H7ClFN/c5-7-2-1-4(6)3-7/h4H,1-3H2. The van der Waals surface area contributed by atoms with Gasteiger partial charge in [-0.05, 0) is 18.2 Å². The van der Waals surface area contributed by atoms with E-state index in [4.69, 9.17) is 11.8 Å². The van der Waals surface area contributed by atoms with E-state index >= 15 is 0 Å². The summed E-state index contributed by atoms with van der Waals surface area (Å²) in [6.45, 7) is 1.10. The van der Waals surface area contributed by atoms with E-state index in [1.165, 1.54) is 4.42 Å². The van der Waals surface area contributed by atoms with E-state index in [0.29, 0.717) is 19.5 Å². The Labute approximate surface area is 47.2 Å². The van der Waals surface area contributed by atoms with Crippen LogP contribution in [-0.4, -0.2) is 23.7 Å². The van der Waals surface area contributed by atoms with Gasteiger partial charge in [-0.1, -0.05) is 0 Å². The lowest BCUT2D eigenvalue weighted by Gasteiger charge is -1.97. The highest BCUT2D eigenvalue weighted by Gasteiger charge is 2.18. The summed E-state index contributed by atoms with van der Waals surface area (Å²) in [6, 6.07) is 0. The van der Waals surface area contributed by atoms with Crippen LogP contribution in [0.1, 0.15) is 6.42 Å². The second kappa shape index (κ2) is 1.97. The molecule has 1 aliphatic heterocycles. The Morgan fingerprint density at radius 1 is 1.71 bits per heavy atom.